The monoisotopic (exact) mass is 519 g/mol. The van der Waals surface area contributed by atoms with E-state index >= 15 is 0 Å². The fourth-order valence-corrected chi connectivity index (χ4v) is 4.19. The number of guanidine groups is 1. The van der Waals surface area contributed by atoms with Crippen LogP contribution in [0.3, 0.4) is 0 Å². The van der Waals surface area contributed by atoms with Gasteiger partial charge in [-0.25, -0.2) is 9.67 Å². The minimum atomic E-state index is 0. The zero-order valence-corrected chi connectivity index (χ0v) is 20.7. The summed E-state index contributed by atoms with van der Waals surface area (Å²) >= 11 is 0. The normalized spacial score (nSPS) is 21.0. The Morgan fingerprint density at radius 3 is 2.72 bits per heavy atom. The van der Waals surface area contributed by atoms with Crippen molar-refractivity contribution in [1.82, 2.24) is 30.3 Å². The molecule has 0 amide bonds. The zero-order valence-electron chi connectivity index (χ0n) is 18.4. The third-order valence-corrected chi connectivity index (χ3v) is 5.68. The van der Waals surface area contributed by atoms with Crippen LogP contribution in [0.2, 0.25) is 0 Å². The Bertz CT molecular complexity index is 643. The fraction of sp³-hybridized carbons (Fsp3) is 0.850. The number of methoxy groups -OCH3 is 1. The summed E-state index contributed by atoms with van der Waals surface area (Å²) in [6, 6.07) is 0.828. The molecule has 0 aromatic carbocycles. The van der Waals surface area contributed by atoms with Crippen molar-refractivity contribution in [2.45, 2.75) is 71.7 Å². The first kappa shape index (κ1) is 24.3. The predicted molar refractivity (Wildman–Crippen MR) is 127 cm³/mol. The van der Waals surface area contributed by atoms with Crippen LogP contribution in [-0.2, 0) is 24.3 Å². The predicted octanol–water partition coefficient (Wildman–Crippen LogP) is 2.03. The fourth-order valence-electron chi connectivity index (χ4n) is 4.19. The van der Waals surface area contributed by atoms with Gasteiger partial charge in [0.2, 0.25) is 0 Å². The highest BCUT2D eigenvalue weighted by Crippen LogP contribution is 2.18. The van der Waals surface area contributed by atoms with E-state index in [4.69, 9.17) is 9.73 Å². The number of ether oxygens (including phenoxy) is 1. The van der Waals surface area contributed by atoms with Crippen LogP contribution < -0.4 is 10.6 Å². The lowest BCUT2D eigenvalue weighted by Gasteiger charge is -2.30. The highest BCUT2D eigenvalue weighted by atomic mass is 127. The highest BCUT2D eigenvalue weighted by Gasteiger charge is 2.25. The van der Waals surface area contributed by atoms with E-state index < -0.39 is 0 Å². The molecule has 1 fully saturated rings. The Morgan fingerprint density at radius 2 is 2.07 bits per heavy atom. The van der Waals surface area contributed by atoms with Crippen molar-refractivity contribution < 1.29 is 4.74 Å². The van der Waals surface area contributed by atoms with Gasteiger partial charge in [0.15, 0.2) is 11.8 Å². The minimum Gasteiger partial charge on any atom is -0.377 e. The summed E-state index contributed by atoms with van der Waals surface area (Å²) in [6.07, 6.45) is 4.60. The number of halogens is 1. The van der Waals surface area contributed by atoms with Crippen molar-refractivity contribution >= 4 is 29.9 Å². The topological polar surface area (TPSA) is 79.6 Å². The van der Waals surface area contributed by atoms with Crippen molar-refractivity contribution in [2.75, 3.05) is 33.3 Å². The van der Waals surface area contributed by atoms with Gasteiger partial charge in [0.1, 0.15) is 12.4 Å². The molecule has 2 unspecified atom stereocenters. The van der Waals surface area contributed by atoms with E-state index in [1.807, 2.05) is 4.68 Å². The SMILES string of the molecule is CCNC(=NCC(C(C)C)N1CCCC1)NC1CCc2nc(COC)nn2C1.I. The number of likely N-dealkylation sites (tertiary alicyclic amines) is 1. The molecule has 0 bridgehead atoms. The third kappa shape index (κ3) is 6.78. The molecule has 1 saturated heterocycles. The lowest BCUT2D eigenvalue weighted by molar-refractivity contribution is 0.177. The first-order valence-electron chi connectivity index (χ1n) is 10.8. The third-order valence-electron chi connectivity index (χ3n) is 5.68. The summed E-state index contributed by atoms with van der Waals surface area (Å²) in [4.78, 5) is 12.1. The van der Waals surface area contributed by atoms with Gasteiger partial charge in [0.25, 0.3) is 0 Å². The number of aliphatic imine (C=N–C) groups is 1. The molecule has 9 heteroatoms. The Morgan fingerprint density at radius 1 is 1.31 bits per heavy atom. The summed E-state index contributed by atoms with van der Waals surface area (Å²) in [5.41, 5.74) is 0. The van der Waals surface area contributed by atoms with Crippen molar-refractivity contribution in [3.05, 3.63) is 11.6 Å². The summed E-state index contributed by atoms with van der Waals surface area (Å²) in [5, 5.41) is 11.6. The molecule has 2 aliphatic heterocycles. The van der Waals surface area contributed by atoms with Crippen LogP contribution >= 0.6 is 24.0 Å². The number of nitrogens with zero attached hydrogens (tertiary/aromatic N) is 5. The van der Waals surface area contributed by atoms with E-state index in [2.05, 4.69) is 46.4 Å². The van der Waals surface area contributed by atoms with Gasteiger partial charge in [-0.2, -0.15) is 5.10 Å². The Hall–Kier alpha value is -0.940. The van der Waals surface area contributed by atoms with Crippen LogP contribution in [0.15, 0.2) is 4.99 Å². The van der Waals surface area contributed by atoms with E-state index in [1.165, 1.54) is 25.9 Å². The number of nitrogens with one attached hydrogen (secondary N) is 2. The van der Waals surface area contributed by atoms with E-state index in [0.717, 1.165) is 50.1 Å². The molecule has 1 aromatic rings. The van der Waals surface area contributed by atoms with Gasteiger partial charge >= 0.3 is 0 Å². The minimum absolute atomic E-state index is 0. The molecule has 2 N–H and O–H groups in total. The standard InChI is InChI=1S/C20H37N7O.HI/c1-5-21-20(22-12-17(15(2)3)26-10-6-7-11-26)23-16-8-9-19-24-18(14-28-4)25-27(19)13-16;/h15-17H,5-14H2,1-4H3,(H2,21,22,23);1H. The van der Waals surface area contributed by atoms with Crippen LogP contribution in [0.5, 0.6) is 0 Å². The van der Waals surface area contributed by atoms with Crippen LogP contribution in [0.4, 0.5) is 0 Å². The molecule has 0 spiro atoms. The molecule has 0 saturated carbocycles. The smallest absolute Gasteiger partial charge is 0.191 e. The van der Waals surface area contributed by atoms with Crippen LogP contribution in [0, 0.1) is 5.92 Å². The van der Waals surface area contributed by atoms with Crippen molar-refractivity contribution in [3.8, 4) is 0 Å². The van der Waals surface area contributed by atoms with Crippen LogP contribution in [0.1, 0.15) is 51.7 Å². The molecule has 3 rings (SSSR count). The van der Waals surface area contributed by atoms with Gasteiger partial charge in [0, 0.05) is 32.2 Å². The van der Waals surface area contributed by atoms with Crippen molar-refractivity contribution in [3.63, 3.8) is 0 Å². The molecular weight excluding hydrogens is 481 g/mol. The van der Waals surface area contributed by atoms with Crippen LogP contribution in [-0.4, -0.2) is 71.0 Å². The molecule has 0 aliphatic carbocycles. The second kappa shape index (κ2) is 12.0. The van der Waals surface area contributed by atoms with Gasteiger partial charge in [-0.1, -0.05) is 13.8 Å². The molecule has 29 heavy (non-hydrogen) atoms. The average Bonchev–Trinajstić information content (AvgIpc) is 3.31. The number of aryl methyl sites for hydroxylation is 1. The molecule has 8 nitrogen and oxygen atoms in total. The first-order valence-corrected chi connectivity index (χ1v) is 10.8. The number of hydrogen-bond acceptors (Lipinski definition) is 5. The Labute approximate surface area is 192 Å². The highest BCUT2D eigenvalue weighted by molar-refractivity contribution is 14.0. The first-order chi connectivity index (χ1) is 13.6. The molecule has 0 radical (unpaired) electrons. The van der Waals surface area contributed by atoms with Gasteiger partial charge in [-0.3, -0.25) is 9.89 Å². The Kier molecular flexibility index (Phi) is 10.1. The van der Waals surface area contributed by atoms with E-state index in [-0.39, 0.29) is 24.0 Å². The molecule has 1 aromatic heterocycles. The molecule has 2 atom stereocenters. The summed E-state index contributed by atoms with van der Waals surface area (Å²) in [7, 11) is 1.68. The maximum atomic E-state index is 5.16. The zero-order chi connectivity index (χ0) is 19.9. The lowest BCUT2D eigenvalue weighted by Crippen LogP contribution is -2.48. The maximum absolute atomic E-state index is 5.16. The van der Waals surface area contributed by atoms with Gasteiger partial charge < -0.3 is 15.4 Å². The molecule has 3 heterocycles. The average molecular weight is 519 g/mol. The van der Waals surface area contributed by atoms with E-state index in [9.17, 15) is 0 Å². The second-order valence-electron chi connectivity index (χ2n) is 8.21. The summed E-state index contributed by atoms with van der Waals surface area (Å²) in [5.74, 6) is 3.35. The number of aromatic nitrogens is 3. The van der Waals surface area contributed by atoms with E-state index in [0.29, 0.717) is 24.6 Å². The summed E-state index contributed by atoms with van der Waals surface area (Å²) in [6.45, 7) is 12.1. The molecular formula is C20H38IN7O. The van der Waals surface area contributed by atoms with Crippen molar-refractivity contribution in [1.29, 1.82) is 0 Å². The van der Waals surface area contributed by atoms with Gasteiger partial charge in [-0.15, -0.1) is 24.0 Å². The quantitative estimate of drug-likeness (QED) is 0.311. The Balaban J connectivity index is 0.00000300. The maximum Gasteiger partial charge on any atom is 0.191 e. The number of fused-ring (bicyclic) bond motifs is 1. The van der Waals surface area contributed by atoms with E-state index in [1.54, 1.807) is 7.11 Å². The number of hydrogen-bond donors (Lipinski definition) is 2. The lowest BCUT2D eigenvalue weighted by atomic mass is 10.0. The van der Waals surface area contributed by atoms with Crippen molar-refractivity contribution in [2.24, 2.45) is 10.9 Å². The van der Waals surface area contributed by atoms with Crippen LogP contribution in [0.25, 0.3) is 0 Å². The largest absolute Gasteiger partial charge is 0.377 e. The van der Waals surface area contributed by atoms with Gasteiger partial charge in [-0.05, 0) is 45.2 Å². The number of rotatable bonds is 8. The molecule has 166 valence electrons. The summed E-state index contributed by atoms with van der Waals surface area (Å²) < 4.78 is 7.17. The molecule has 2 aliphatic rings. The van der Waals surface area contributed by atoms with Gasteiger partial charge in [0.05, 0.1) is 13.1 Å². The second-order valence-corrected chi connectivity index (χ2v) is 8.21.